The number of carbonyl (C=O) groups is 2. The van der Waals surface area contributed by atoms with Crippen molar-refractivity contribution in [1.29, 1.82) is 0 Å². The van der Waals surface area contributed by atoms with Gasteiger partial charge in [-0.15, -0.1) is 0 Å². The SMILES string of the molecule is CC(Nc1nc(NC2CC2)n2ncc(/C=C3\NC(=O)NC3=O)c2n1)c1ccccc1-n1cccn1. The molecule has 4 N–H and O–H groups in total. The molecule has 2 fully saturated rings. The summed E-state index contributed by atoms with van der Waals surface area (Å²) in [5.74, 6) is 0.461. The third-order valence-electron chi connectivity index (χ3n) is 5.83. The van der Waals surface area contributed by atoms with Crippen LogP contribution in [0.3, 0.4) is 0 Å². The van der Waals surface area contributed by atoms with Crippen molar-refractivity contribution in [2.75, 3.05) is 10.6 Å². The van der Waals surface area contributed by atoms with Gasteiger partial charge in [-0.05, 0) is 43.5 Å². The normalized spacial score (nSPS) is 17.5. The van der Waals surface area contributed by atoms with E-state index in [4.69, 9.17) is 4.98 Å². The molecule has 1 unspecified atom stereocenters. The fourth-order valence-electron chi connectivity index (χ4n) is 3.95. The minimum Gasteiger partial charge on any atom is -0.351 e. The van der Waals surface area contributed by atoms with E-state index in [0.29, 0.717) is 29.1 Å². The van der Waals surface area contributed by atoms with E-state index >= 15 is 0 Å². The number of nitrogens with one attached hydrogen (secondary N) is 4. The van der Waals surface area contributed by atoms with Crippen LogP contribution in [0.5, 0.6) is 0 Å². The molecule has 3 aromatic heterocycles. The smallest absolute Gasteiger partial charge is 0.326 e. The van der Waals surface area contributed by atoms with Crippen LogP contribution < -0.4 is 21.3 Å². The van der Waals surface area contributed by atoms with Crippen molar-refractivity contribution in [2.24, 2.45) is 0 Å². The lowest BCUT2D eigenvalue weighted by atomic mass is 10.1. The Labute approximate surface area is 199 Å². The Balaban J connectivity index is 1.38. The van der Waals surface area contributed by atoms with Crippen molar-refractivity contribution in [3.05, 3.63) is 65.7 Å². The van der Waals surface area contributed by atoms with Gasteiger partial charge in [0.15, 0.2) is 5.65 Å². The molecule has 1 saturated carbocycles. The number of amides is 3. The number of carbonyl (C=O) groups excluding carboxylic acids is 2. The Morgan fingerprint density at radius 1 is 1.11 bits per heavy atom. The van der Waals surface area contributed by atoms with Crippen LogP contribution in [-0.4, -0.2) is 47.3 Å². The molecule has 0 spiro atoms. The summed E-state index contributed by atoms with van der Waals surface area (Å²) in [5, 5.41) is 20.3. The third kappa shape index (κ3) is 4.05. The molecular weight excluding hydrogens is 448 g/mol. The summed E-state index contributed by atoms with van der Waals surface area (Å²) in [6.07, 6.45) is 8.91. The molecule has 6 rings (SSSR count). The number of benzene rings is 1. The van der Waals surface area contributed by atoms with Gasteiger partial charge < -0.3 is 16.0 Å². The van der Waals surface area contributed by atoms with Crippen LogP contribution in [0.15, 0.2) is 54.6 Å². The monoisotopic (exact) mass is 470 g/mol. The quantitative estimate of drug-likeness (QED) is 0.238. The molecule has 12 heteroatoms. The number of rotatable bonds is 7. The van der Waals surface area contributed by atoms with Crippen LogP contribution in [0, 0.1) is 0 Å². The molecule has 12 nitrogen and oxygen atoms in total. The van der Waals surface area contributed by atoms with E-state index in [1.54, 1.807) is 23.0 Å². The number of anilines is 2. The number of hydrogen-bond donors (Lipinski definition) is 4. The van der Waals surface area contributed by atoms with Crippen LogP contribution >= 0.6 is 0 Å². The number of urea groups is 1. The second kappa shape index (κ2) is 8.24. The molecule has 0 radical (unpaired) electrons. The molecule has 1 saturated heterocycles. The molecule has 35 heavy (non-hydrogen) atoms. The molecule has 1 aliphatic carbocycles. The Bertz CT molecular complexity index is 1470. The summed E-state index contributed by atoms with van der Waals surface area (Å²) in [4.78, 5) is 32.9. The average molecular weight is 470 g/mol. The van der Waals surface area contributed by atoms with E-state index in [0.717, 1.165) is 24.1 Å². The maximum absolute atomic E-state index is 12.0. The first-order chi connectivity index (χ1) is 17.0. The van der Waals surface area contributed by atoms with Crippen molar-refractivity contribution < 1.29 is 9.59 Å². The number of para-hydroxylation sites is 1. The molecule has 4 aromatic rings. The molecule has 176 valence electrons. The molecule has 1 aromatic carbocycles. The summed E-state index contributed by atoms with van der Waals surface area (Å²) < 4.78 is 3.42. The minimum absolute atomic E-state index is 0.135. The molecule has 1 atom stereocenters. The second-order valence-electron chi connectivity index (χ2n) is 8.47. The van der Waals surface area contributed by atoms with Crippen molar-refractivity contribution in [2.45, 2.75) is 31.8 Å². The van der Waals surface area contributed by atoms with Gasteiger partial charge in [0.05, 0.1) is 17.9 Å². The highest BCUT2D eigenvalue weighted by Crippen LogP contribution is 2.28. The van der Waals surface area contributed by atoms with Gasteiger partial charge in [0, 0.05) is 24.0 Å². The van der Waals surface area contributed by atoms with Crippen LogP contribution in [0.25, 0.3) is 17.4 Å². The zero-order valence-electron chi connectivity index (χ0n) is 18.8. The van der Waals surface area contributed by atoms with Crippen LogP contribution in [0.2, 0.25) is 0 Å². The lowest BCUT2D eigenvalue weighted by molar-refractivity contribution is -0.115. The lowest BCUT2D eigenvalue weighted by Crippen LogP contribution is -2.22. The highest BCUT2D eigenvalue weighted by molar-refractivity contribution is 6.14. The third-order valence-corrected chi connectivity index (χ3v) is 5.83. The fraction of sp³-hybridized carbons (Fsp3) is 0.217. The van der Waals surface area contributed by atoms with E-state index in [1.165, 1.54) is 0 Å². The first-order valence-corrected chi connectivity index (χ1v) is 11.3. The van der Waals surface area contributed by atoms with E-state index in [9.17, 15) is 9.59 Å². The predicted molar refractivity (Wildman–Crippen MR) is 128 cm³/mol. The molecular formula is C23H22N10O2. The van der Waals surface area contributed by atoms with Gasteiger partial charge in [-0.2, -0.15) is 24.7 Å². The first-order valence-electron chi connectivity index (χ1n) is 11.3. The van der Waals surface area contributed by atoms with Gasteiger partial charge in [0.1, 0.15) is 5.70 Å². The van der Waals surface area contributed by atoms with Gasteiger partial charge in [0.2, 0.25) is 11.9 Å². The second-order valence-corrected chi connectivity index (χ2v) is 8.47. The lowest BCUT2D eigenvalue weighted by Gasteiger charge is -2.18. The standard InChI is InChI=1S/C23H22N10O2/c1-13(16-5-2-3-6-18(16)32-10-4-9-24-32)26-21-29-19-14(11-17-20(34)30-23(35)28-17)12-25-33(19)22(31-21)27-15-7-8-15/h2-6,9-13,15H,7-8H2,1H3,(H2,26,27,29,31)(H2,28,30,34,35)/b17-11-. The molecule has 0 bridgehead atoms. The Kier molecular flexibility index (Phi) is 4.90. The molecule has 1 aliphatic heterocycles. The van der Waals surface area contributed by atoms with Crippen molar-refractivity contribution >= 4 is 35.6 Å². The first kappa shape index (κ1) is 20.8. The number of imide groups is 1. The maximum atomic E-state index is 12.0. The zero-order chi connectivity index (χ0) is 23.9. The maximum Gasteiger partial charge on any atom is 0.326 e. The van der Waals surface area contributed by atoms with Gasteiger partial charge in [-0.25, -0.2) is 9.48 Å². The van der Waals surface area contributed by atoms with E-state index in [1.807, 2.05) is 48.1 Å². The Morgan fingerprint density at radius 2 is 1.97 bits per heavy atom. The Hall–Kier alpha value is -4.74. The number of nitrogens with zero attached hydrogens (tertiary/aromatic N) is 6. The van der Waals surface area contributed by atoms with Gasteiger partial charge in [0.25, 0.3) is 5.91 Å². The topological polar surface area (TPSA) is 143 Å². The average Bonchev–Trinajstić information content (AvgIpc) is 3.20. The number of fused-ring (bicyclic) bond motifs is 1. The Morgan fingerprint density at radius 3 is 2.71 bits per heavy atom. The van der Waals surface area contributed by atoms with Gasteiger partial charge in [-0.1, -0.05) is 18.2 Å². The van der Waals surface area contributed by atoms with Crippen LogP contribution in [0.4, 0.5) is 16.7 Å². The predicted octanol–water partition coefficient (Wildman–Crippen LogP) is 2.24. The van der Waals surface area contributed by atoms with Gasteiger partial charge in [-0.3, -0.25) is 10.1 Å². The van der Waals surface area contributed by atoms with Crippen LogP contribution in [0.1, 0.15) is 36.9 Å². The zero-order valence-corrected chi connectivity index (χ0v) is 18.8. The fourth-order valence-corrected chi connectivity index (χ4v) is 3.95. The van der Waals surface area contributed by atoms with E-state index < -0.39 is 11.9 Å². The molecule has 3 amide bonds. The van der Waals surface area contributed by atoms with Crippen LogP contribution in [-0.2, 0) is 4.79 Å². The number of hydrogen-bond acceptors (Lipinski definition) is 8. The highest BCUT2D eigenvalue weighted by atomic mass is 16.2. The summed E-state index contributed by atoms with van der Waals surface area (Å²) in [6, 6.07) is 9.50. The molecule has 4 heterocycles. The van der Waals surface area contributed by atoms with E-state index in [2.05, 4.69) is 36.4 Å². The molecule has 2 aliphatic rings. The summed E-state index contributed by atoms with van der Waals surface area (Å²) in [5.41, 5.74) is 3.19. The minimum atomic E-state index is -0.560. The summed E-state index contributed by atoms with van der Waals surface area (Å²) in [6.45, 7) is 2.03. The highest BCUT2D eigenvalue weighted by Gasteiger charge is 2.26. The summed E-state index contributed by atoms with van der Waals surface area (Å²) in [7, 11) is 0. The van der Waals surface area contributed by atoms with E-state index in [-0.39, 0.29) is 11.7 Å². The van der Waals surface area contributed by atoms with Crippen molar-refractivity contribution in [1.82, 2.24) is 40.0 Å². The van der Waals surface area contributed by atoms with Crippen molar-refractivity contribution in [3.8, 4) is 5.69 Å². The van der Waals surface area contributed by atoms with Gasteiger partial charge >= 0.3 is 6.03 Å². The van der Waals surface area contributed by atoms with Crippen molar-refractivity contribution in [3.63, 3.8) is 0 Å². The number of aromatic nitrogens is 6. The summed E-state index contributed by atoms with van der Waals surface area (Å²) >= 11 is 0. The largest absolute Gasteiger partial charge is 0.351 e.